The zero-order chi connectivity index (χ0) is 14.5. The lowest BCUT2D eigenvalue weighted by Gasteiger charge is -2.23. The molecule has 2 nitrogen and oxygen atoms in total. The van der Waals surface area contributed by atoms with Crippen LogP contribution in [0.4, 0.5) is 13.2 Å². The summed E-state index contributed by atoms with van der Waals surface area (Å²) in [5.41, 5.74) is 1.49. The van der Waals surface area contributed by atoms with E-state index in [-0.39, 0.29) is 0 Å². The number of nitrogens with one attached hydrogen (secondary N) is 1. The van der Waals surface area contributed by atoms with Gasteiger partial charge < -0.3 is 10.1 Å². The Morgan fingerprint density at radius 3 is 2.47 bits per heavy atom. The highest BCUT2D eigenvalue weighted by molar-refractivity contribution is 5.39. The van der Waals surface area contributed by atoms with Crippen molar-refractivity contribution in [3.63, 3.8) is 0 Å². The second kappa shape index (κ2) is 6.80. The summed E-state index contributed by atoms with van der Waals surface area (Å²) in [6, 6.07) is 4.55. The van der Waals surface area contributed by atoms with Gasteiger partial charge in [-0.2, -0.15) is 13.2 Å². The smallest absolute Gasteiger partial charge is 0.390 e. The highest BCUT2D eigenvalue weighted by Crippen LogP contribution is 2.34. The number of alkyl halides is 3. The van der Waals surface area contributed by atoms with Crippen LogP contribution >= 0.6 is 0 Å². The van der Waals surface area contributed by atoms with Gasteiger partial charge in [-0.25, -0.2) is 0 Å². The Morgan fingerprint density at radius 2 is 1.95 bits per heavy atom. The van der Waals surface area contributed by atoms with E-state index in [1.54, 1.807) is 19.1 Å². The normalized spacial score (nSPS) is 13.4. The summed E-state index contributed by atoms with van der Waals surface area (Å²) in [7, 11) is 0. The molecule has 1 N–H and O–H groups in total. The molecule has 19 heavy (non-hydrogen) atoms. The maximum atomic E-state index is 12.7. The first-order valence-corrected chi connectivity index (χ1v) is 6.40. The van der Waals surface area contributed by atoms with Gasteiger partial charge in [0, 0.05) is 11.6 Å². The Labute approximate surface area is 112 Å². The summed E-state index contributed by atoms with van der Waals surface area (Å²) in [6.07, 6.45) is -5.11. The second-order valence-corrected chi connectivity index (χ2v) is 4.40. The van der Waals surface area contributed by atoms with Gasteiger partial charge in [0.25, 0.3) is 0 Å². The molecule has 1 rings (SSSR count). The average Bonchev–Trinajstić information content (AvgIpc) is 2.29. The minimum atomic E-state index is -4.21. The van der Waals surface area contributed by atoms with E-state index in [0.29, 0.717) is 24.5 Å². The molecule has 0 aliphatic rings. The third-order valence-corrected chi connectivity index (χ3v) is 2.73. The van der Waals surface area contributed by atoms with Crippen LogP contribution in [-0.4, -0.2) is 19.3 Å². The number of hydrogen-bond donors (Lipinski definition) is 1. The number of ether oxygens (including phenoxy) is 1. The van der Waals surface area contributed by atoms with E-state index in [4.69, 9.17) is 4.74 Å². The highest BCUT2D eigenvalue weighted by Gasteiger charge is 2.33. The van der Waals surface area contributed by atoms with Gasteiger partial charge in [0.05, 0.1) is 13.0 Å². The molecule has 0 fully saturated rings. The largest absolute Gasteiger partial charge is 0.494 e. The van der Waals surface area contributed by atoms with Crippen LogP contribution in [0.1, 0.15) is 37.4 Å². The SMILES string of the molecule is CCNC(CC(F)(F)F)c1cc(C)ccc1OCC. The van der Waals surface area contributed by atoms with Gasteiger partial charge in [0.1, 0.15) is 5.75 Å². The molecular formula is C14H20F3NO. The van der Waals surface area contributed by atoms with Crippen LogP contribution in [0.2, 0.25) is 0 Å². The summed E-state index contributed by atoms with van der Waals surface area (Å²) in [6.45, 7) is 6.37. The third kappa shape index (κ3) is 5.11. The predicted molar refractivity (Wildman–Crippen MR) is 69.4 cm³/mol. The molecule has 0 aliphatic carbocycles. The van der Waals surface area contributed by atoms with Gasteiger partial charge in [-0.05, 0) is 26.5 Å². The van der Waals surface area contributed by atoms with Crippen molar-refractivity contribution in [1.29, 1.82) is 0 Å². The van der Waals surface area contributed by atoms with Crippen molar-refractivity contribution in [2.75, 3.05) is 13.2 Å². The summed E-state index contributed by atoms with van der Waals surface area (Å²) < 4.78 is 43.4. The van der Waals surface area contributed by atoms with Crippen LogP contribution in [0.5, 0.6) is 5.75 Å². The molecule has 1 aromatic carbocycles. The predicted octanol–water partition coefficient (Wildman–Crippen LogP) is 4.00. The van der Waals surface area contributed by atoms with E-state index in [0.717, 1.165) is 5.56 Å². The van der Waals surface area contributed by atoms with Crippen molar-refractivity contribution in [3.05, 3.63) is 29.3 Å². The zero-order valence-corrected chi connectivity index (χ0v) is 11.5. The van der Waals surface area contributed by atoms with Crippen LogP contribution in [0.25, 0.3) is 0 Å². The fourth-order valence-electron chi connectivity index (χ4n) is 2.00. The molecule has 5 heteroatoms. The van der Waals surface area contributed by atoms with Crippen molar-refractivity contribution in [2.45, 2.75) is 39.4 Å². The Hall–Kier alpha value is -1.23. The Balaban J connectivity index is 3.08. The minimum absolute atomic E-state index is 0.431. The van der Waals surface area contributed by atoms with Crippen molar-refractivity contribution >= 4 is 0 Å². The Bertz CT molecular complexity index is 404. The van der Waals surface area contributed by atoms with E-state index in [9.17, 15) is 13.2 Å². The second-order valence-electron chi connectivity index (χ2n) is 4.40. The van der Waals surface area contributed by atoms with Gasteiger partial charge in [-0.1, -0.05) is 24.6 Å². The lowest BCUT2D eigenvalue weighted by Crippen LogP contribution is -2.27. The Kier molecular flexibility index (Phi) is 5.66. The number of rotatable bonds is 6. The first kappa shape index (κ1) is 15.8. The topological polar surface area (TPSA) is 21.3 Å². The van der Waals surface area contributed by atoms with Gasteiger partial charge in [0.15, 0.2) is 0 Å². The van der Waals surface area contributed by atoms with E-state index in [1.165, 1.54) is 0 Å². The Morgan fingerprint density at radius 1 is 1.26 bits per heavy atom. The maximum Gasteiger partial charge on any atom is 0.390 e. The van der Waals surface area contributed by atoms with Crippen LogP contribution < -0.4 is 10.1 Å². The molecule has 0 bridgehead atoms. The molecule has 0 saturated heterocycles. The molecule has 0 aliphatic heterocycles. The quantitative estimate of drug-likeness (QED) is 0.847. The van der Waals surface area contributed by atoms with Gasteiger partial charge in [-0.15, -0.1) is 0 Å². The molecule has 0 amide bonds. The highest BCUT2D eigenvalue weighted by atomic mass is 19.4. The zero-order valence-electron chi connectivity index (χ0n) is 11.5. The summed E-state index contributed by atoms with van der Waals surface area (Å²) >= 11 is 0. The fraction of sp³-hybridized carbons (Fsp3) is 0.571. The van der Waals surface area contributed by atoms with Gasteiger partial charge >= 0.3 is 6.18 Å². The van der Waals surface area contributed by atoms with Crippen molar-refractivity contribution in [1.82, 2.24) is 5.32 Å². The first-order valence-electron chi connectivity index (χ1n) is 6.40. The molecular weight excluding hydrogens is 255 g/mol. The molecule has 1 aromatic rings. The van der Waals surface area contributed by atoms with Crippen molar-refractivity contribution in [3.8, 4) is 5.75 Å². The number of hydrogen-bond acceptors (Lipinski definition) is 2. The summed E-state index contributed by atoms with van der Waals surface area (Å²) in [4.78, 5) is 0. The third-order valence-electron chi connectivity index (χ3n) is 2.73. The first-order chi connectivity index (χ1) is 8.87. The average molecular weight is 275 g/mol. The standard InChI is InChI=1S/C14H20F3NO/c1-4-18-12(9-14(15,16)17)11-8-10(3)6-7-13(11)19-5-2/h6-8,12,18H,4-5,9H2,1-3H3. The van der Waals surface area contributed by atoms with Crippen LogP contribution in [0, 0.1) is 6.92 Å². The van der Waals surface area contributed by atoms with Gasteiger partial charge in [-0.3, -0.25) is 0 Å². The minimum Gasteiger partial charge on any atom is -0.494 e. The molecule has 0 spiro atoms. The molecule has 108 valence electrons. The van der Waals surface area contributed by atoms with Crippen LogP contribution in [-0.2, 0) is 0 Å². The summed E-state index contributed by atoms with van der Waals surface area (Å²) in [5, 5.41) is 2.88. The van der Waals surface area contributed by atoms with Crippen LogP contribution in [0.15, 0.2) is 18.2 Å². The molecule has 0 heterocycles. The maximum absolute atomic E-state index is 12.7. The van der Waals surface area contributed by atoms with E-state index in [1.807, 2.05) is 19.9 Å². The molecule has 0 saturated carbocycles. The fourth-order valence-corrected chi connectivity index (χ4v) is 2.00. The molecule has 0 aromatic heterocycles. The van der Waals surface area contributed by atoms with E-state index in [2.05, 4.69) is 5.32 Å². The van der Waals surface area contributed by atoms with Gasteiger partial charge in [0.2, 0.25) is 0 Å². The number of aryl methyl sites for hydroxylation is 1. The monoisotopic (exact) mass is 275 g/mol. The van der Waals surface area contributed by atoms with E-state index >= 15 is 0 Å². The molecule has 1 atom stereocenters. The summed E-state index contributed by atoms with van der Waals surface area (Å²) in [5.74, 6) is 0.517. The number of halogens is 3. The lowest BCUT2D eigenvalue weighted by molar-refractivity contribution is -0.140. The van der Waals surface area contributed by atoms with Crippen molar-refractivity contribution in [2.24, 2.45) is 0 Å². The van der Waals surface area contributed by atoms with E-state index < -0.39 is 18.6 Å². The number of benzene rings is 1. The van der Waals surface area contributed by atoms with Crippen molar-refractivity contribution < 1.29 is 17.9 Å². The lowest BCUT2D eigenvalue weighted by atomic mass is 10.00. The molecule has 0 radical (unpaired) electrons. The van der Waals surface area contributed by atoms with Crippen LogP contribution in [0.3, 0.4) is 0 Å². The molecule has 1 unspecified atom stereocenters.